The molecule has 3 rings (SSSR count). The number of hydrogen-bond donors (Lipinski definition) is 1. The number of pyridine rings is 2. The van der Waals surface area contributed by atoms with Crippen LogP contribution in [-0.4, -0.2) is 51.8 Å². The standard InChI is InChI=1S/C21H28BrN5O3/c1-14-12-26(8-9-27(14)20(29)30-21(2,3)4)16-6-7-18(23-11-16)24-17-10-15(22)13-25(5)19(17)28/h6-7,10-11,13-14H,8-9,12H2,1-5H3,(H,23,24)/t14-/m0/s1. The van der Waals surface area contributed by atoms with E-state index in [-0.39, 0.29) is 17.7 Å². The number of hydrogen-bond acceptors (Lipinski definition) is 6. The number of halogens is 1. The summed E-state index contributed by atoms with van der Waals surface area (Å²) in [6, 6.07) is 5.57. The molecular formula is C21H28BrN5O3. The first-order valence-corrected chi connectivity index (χ1v) is 10.7. The number of piperazine rings is 1. The van der Waals surface area contributed by atoms with Gasteiger partial charge < -0.3 is 24.4 Å². The Morgan fingerprint density at radius 2 is 2.03 bits per heavy atom. The Morgan fingerprint density at radius 3 is 2.63 bits per heavy atom. The van der Waals surface area contributed by atoms with Crippen LogP contribution in [0.5, 0.6) is 0 Å². The van der Waals surface area contributed by atoms with Crippen LogP contribution < -0.4 is 15.8 Å². The van der Waals surface area contributed by atoms with Gasteiger partial charge in [-0.3, -0.25) is 4.79 Å². The molecule has 2 aromatic heterocycles. The summed E-state index contributed by atoms with van der Waals surface area (Å²) in [5.41, 5.74) is 0.789. The number of aryl methyl sites for hydroxylation is 1. The molecular weight excluding hydrogens is 450 g/mol. The van der Waals surface area contributed by atoms with Crippen molar-refractivity contribution in [1.82, 2.24) is 14.5 Å². The van der Waals surface area contributed by atoms with E-state index in [1.165, 1.54) is 4.57 Å². The monoisotopic (exact) mass is 477 g/mol. The van der Waals surface area contributed by atoms with Crippen LogP contribution in [0.1, 0.15) is 27.7 Å². The van der Waals surface area contributed by atoms with E-state index in [2.05, 4.69) is 31.1 Å². The maximum absolute atomic E-state index is 12.4. The Labute approximate surface area is 185 Å². The number of carbonyl (C=O) groups is 1. The first-order chi connectivity index (χ1) is 14.0. The third-order valence-electron chi connectivity index (χ3n) is 4.78. The van der Waals surface area contributed by atoms with Crippen molar-refractivity contribution in [1.29, 1.82) is 0 Å². The van der Waals surface area contributed by atoms with Crippen molar-refractivity contribution in [3.63, 3.8) is 0 Å². The molecule has 162 valence electrons. The fourth-order valence-electron chi connectivity index (χ4n) is 3.33. The Hall–Kier alpha value is -2.55. The highest BCUT2D eigenvalue weighted by Crippen LogP contribution is 2.22. The molecule has 1 aliphatic heterocycles. The van der Waals surface area contributed by atoms with E-state index in [0.29, 0.717) is 31.1 Å². The summed E-state index contributed by atoms with van der Waals surface area (Å²) in [7, 11) is 1.70. The maximum atomic E-state index is 12.4. The first-order valence-electron chi connectivity index (χ1n) is 9.87. The molecule has 0 radical (unpaired) electrons. The minimum Gasteiger partial charge on any atom is -0.444 e. The lowest BCUT2D eigenvalue weighted by molar-refractivity contribution is 0.0159. The summed E-state index contributed by atoms with van der Waals surface area (Å²) >= 11 is 3.40. The number of carbonyl (C=O) groups excluding carboxylic acids is 1. The molecule has 1 atom stereocenters. The summed E-state index contributed by atoms with van der Waals surface area (Å²) in [4.78, 5) is 33.1. The summed E-state index contributed by atoms with van der Waals surface area (Å²) < 4.78 is 7.82. The van der Waals surface area contributed by atoms with Crippen LogP contribution in [0.25, 0.3) is 0 Å². The second-order valence-corrected chi connectivity index (χ2v) is 9.40. The fourth-order valence-corrected chi connectivity index (χ4v) is 3.87. The number of nitrogens with zero attached hydrogens (tertiary/aromatic N) is 4. The predicted molar refractivity (Wildman–Crippen MR) is 122 cm³/mol. The Morgan fingerprint density at radius 1 is 1.30 bits per heavy atom. The highest BCUT2D eigenvalue weighted by molar-refractivity contribution is 9.10. The van der Waals surface area contributed by atoms with Gasteiger partial charge >= 0.3 is 6.09 Å². The lowest BCUT2D eigenvalue weighted by Gasteiger charge is -2.41. The number of rotatable bonds is 3. The van der Waals surface area contributed by atoms with Crippen molar-refractivity contribution in [2.75, 3.05) is 29.9 Å². The number of ether oxygens (including phenoxy) is 1. The molecule has 2 aromatic rings. The number of aromatic nitrogens is 2. The molecule has 0 spiro atoms. The molecule has 9 heteroatoms. The van der Waals surface area contributed by atoms with E-state index in [4.69, 9.17) is 4.74 Å². The number of anilines is 3. The van der Waals surface area contributed by atoms with Gasteiger partial charge in [-0.1, -0.05) is 0 Å². The van der Waals surface area contributed by atoms with E-state index in [9.17, 15) is 9.59 Å². The van der Waals surface area contributed by atoms with Gasteiger partial charge in [0.05, 0.1) is 11.9 Å². The van der Waals surface area contributed by atoms with Crippen molar-refractivity contribution in [2.45, 2.75) is 39.3 Å². The van der Waals surface area contributed by atoms with E-state index < -0.39 is 5.60 Å². The van der Waals surface area contributed by atoms with Crippen LogP contribution in [0.2, 0.25) is 0 Å². The topological polar surface area (TPSA) is 79.7 Å². The van der Waals surface area contributed by atoms with Gasteiger partial charge in [0.2, 0.25) is 0 Å². The average molecular weight is 478 g/mol. The van der Waals surface area contributed by atoms with Crippen LogP contribution in [0.15, 0.2) is 39.9 Å². The lowest BCUT2D eigenvalue weighted by Crippen LogP contribution is -2.55. The molecule has 0 aromatic carbocycles. The molecule has 1 aliphatic rings. The number of amides is 1. The Bertz CT molecular complexity index is 968. The van der Waals surface area contributed by atoms with Gasteiger partial charge in [-0.15, -0.1) is 0 Å². The van der Waals surface area contributed by atoms with Crippen LogP contribution in [0.4, 0.5) is 22.0 Å². The molecule has 0 bridgehead atoms. The van der Waals surface area contributed by atoms with E-state index in [0.717, 1.165) is 10.2 Å². The van der Waals surface area contributed by atoms with Crippen molar-refractivity contribution in [3.8, 4) is 0 Å². The van der Waals surface area contributed by atoms with Gasteiger partial charge in [-0.05, 0) is 61.8 Å². The minimum absolute atomic E-state index is 0.0242. The summed E-state index contributed by atoms with van der Waals surface area (Å²) in [6.45, 7) is 9.61. The highest BCUT2D eigenvalue weighted by atomic mass is 79.9. The molecule has 3 heterocycles. The van der Waals surface area contributed by atoms with E-state index in [1.54, 1.807) is 30.4 Å². The SMILES string of the molecule is C[C@H]1CN(c2ccc(Nc3cc(Br)cn(C)c3=O)nc2)CCN1C(=O)OC(C)(C)C. The molecule has 0 unspecified atom stereocenters. The molecule has 8 nitrogen and oxygen atoms in total. The average Bonchev–Trinajstić information content (AvgIpc) is 2.64. The normalized spacial score (nSPS) is 17.1. The Kier molecular flexibility index (Phi) is 6.40. The molecule has 1 saturated heterocycles. The second-order valence-electron chi connectivity index (χ2n) is 8.48. The number of nitrogens with one attached hydrogen (secondary N) is 1. The van der Waals surface area contributed by atoms with Crippen LogP contribution >= 0.6 is 15.9 Å². The zero-order valence-corrected chi connectivity index (χ0v) is 19.6. The smallest absolute Gasteiger partial charge is 0.410 e. The predicted octanol–water partition coefficient (Wildman–Crippen LogP) is 3.73. The third kappa shape index (κ3) is 5.33. The van der Waals surface area contributed by atoms with Gasteiger partial charge in [0, 0.05) is 43.4 Å². The lowest BCUT2D eigenvalue weighted by atomic mass is 10.1. The largest absolute Gasteiger partial charge is 0.444 e. The summed E-state index contributed by atoms with van der Waals surface area (Å²) in [5.74, 6) is 0.592. The molecule has 0 aliphatic carbocycles. The molecule has 30 heavy (non-hydrogen) atoms. The van der Waals surface area contributed by atoms with E-state index >= 15 is 0 Å². The van der Waals surface area contributed by atoms with Crippen LogP contribution in [-0.2, 0) is 11.8 Å². The fraction of sp³-hybridized carbons (Fsp3) is 0.476. The third-order valence-corrected chi connectivity index (χ3v) is 5.21. The van der Waals surface area contributed by atoms with Crippen LogP contribution in [0.3, 0.4) is 0 Å². The van der Waals surface area contributed by atoms with Crippen molar-refractivity contribution < 1.29 is 9.53 Å². The molecule has 0 saturated carbocycles. The summed E-state index contributed by atoms with van der Waals surface area (Å²) in [6.07, 6.45) is 3.21. The molecule has 1 amide bonds. The molecule has 1 N–H and O–H groups in total. The van der Waals surface area contributed by atoms with E-state index in [1.807, 2.05) is 39.8 Å². The maximum Gasteiger partial charge on any atom is 0.410 e. The summed E-state index contributed by atoms with van der Waals surface area (Å²) in [5, 5.41) is 3.07. The highest BCUT2D eigenvalue weighted by Gasteiger charge is 2.31. The zero-order chi connectivity index (χ0) is 22.1. The van der Waals surface area contributed by atoms with Crippen molar-refractivity contribution in [3.05, 3.63) is 45.4 Å². The Balaban J connectivity index is 1.65. The van der Waals surface area contributed by atoms with Crippen LogP contribution in [0, 0.1) is 0 Å². The van der Waals surface area contributed by atoms with Gasteiger partial charge in [0.25, 0.3) is 5.56 Å². The molecule has 1 fully saturated rings. The van der Waals surface area contributed by atoms with Crippen molar-refractivity contribution >= 4 is 39.2 Å². The quantitative estimate of drug-likeness (QED) is 0.725. The first kappa shape index (κ1) is 22.1. The van der Waals surface area contributed by atoms with Gasteiger partial charge in [0.15, 0.2) is 0 Å². The van der Waals surface area contributed by atoms with Gasteiger partial charge in [-0.25, -0.2) is 9.78 Å². The minimum atomic E-state index is -0.504. The van der Waals surface area contributed by atoms with Gasteiger partial charge in [0.1, 0.15) is 17.1 Å². The van der Waals surface area contributed by atoms with Gasteiger partial charge in [-0.2, -0.15) is 0 Å². The second kappa shape index (κ2) is 8.67. The zero-order valence-electron chi connectivity index (χ0n) is 18.0. The van der Waals surface area contributed by atoms with Crippen molar-refractivity contribution in [2.24, 2.45) is 7.05 Å².